The standard InChI is InChI=1S/C20H21FN4O3/c1-11-4-3-5-15-23-18(19(21)25(11)15)20(27)24-17(13-8-14(26)9-13)12-6-7-16(28-2)22-10-12/h3-7,10,13-14,17,26H,8-9H2,1-2H3,(H,24,27)/t13?,14?,17-/m0/s1. The molecular formula is C20H21FN4O3. The van der Waals surface area contributed by atoms with Crippen LogP contribution in [-0.2, 0) is 0 Å². The van der Waals surface area contributed by atoms with Gasteiger partial charge in [0.25, 0.3) is 5.91 Å². The summed E-state index contributed by atoms with van der Waals surface area (Å²) in [5.41, 5.74) is 1.55. The fraction of sp³-hybridized carbons (Fsp3) is 0.350. The molecule has 0 spiro atoms. The molecule has 1 fully saturated rings. The number of carbonyl (C=O) groups excluding carboxylic acids is 1. The van der Waals surface area contributed by atoms with Crippen molar-refractivity contribution in [1.82, 2.24) is 19.7 Å². The minimum atomic E-state index is -0.689. The number of nitrogens with one attached hydrogen (secondary N) is 1. The summed E-state index contributed by atoms with van der Waals surface area (Å²) in [6, 6.07) is 8.28. The molecule has 7 nitrogen and oxygen atoms in total. The molecule has 3 aromatic rings. The maximum absolute atomic E-state index is 14.8. The molecule has 0 bridgehead atoms. The van der Waals surface area contributed by atoms with Crippen molar-refractivity contribution >= 4 is 11.6 Å². The van der Waals surface area contributed by atoms with Crippen molar-refractivity contribution < 1.29 is 19.0 Å². The molecule has 1 aliphatic rings. The average Bonchev–Trinajstić information content (AvgIpc) is 3.02. The van der Waals surface area contributed by atoms with E-state index in [0.717, 1.165) is 5.56 Å². The Hall–Kier alpha value is -3.00. The molecule has 0 radical (unpaired) electrons. The van der Waals surface area contributed by atoms with Gasteiger partial charge in [-0.2, -0.15) is 4.39 Å². The van der Waals surface area contributed by atoms with Crippen molar-refractivity contribution in [3.8, 4) is 5.88 Å². The van der Waals surface area contributed by atoms with Crippen molar-refractivity contribution in [2.75, 3.05) is 7.11 Å². The molecule has 0 aromatic carbocycles. The fourth-order valence-electron chi connectivity index (χ4n) is 3.64. The lowest BCUT2D eigenvalue weighted by Gasteiger charge is -2.38. The quantitative estimate of drug-likeness (QED) is 0.705. The highest BCUT2D eigenvalue weighted by molar-refractivity contribution is 5.93. The maximum atomic E-state index is 14.8. The lowest BCUT2D eigenvalue weighted by Crippen LogP contribution is -2.41. The number of fused-ring (bicyclic) bond motifs is 1. The van der Waals surface area contributed by atoms with Crippen molar-refractivity contribution in [3.05, 3.63) is 59.4 Å². The average molecular weight is 384 g/mol. The number of ether oxygens (including phenoxy) is 1. The number of pyridine rings is 2. The highest BCUT2D eigenvalue weighted by atomic mass is 19.1. The van der Waals surface area contributed by atoms with Gasteiger partial charge in [0.2, 0.25) is 11.8 Å². The van der Waals surface area contributed by atoms with E-state index in [1.54, 1.807) is 37.4 Å². The van der Waals surface area contributed by atoms with E-state index in [4.69, 9.17) is 4.74 Å². The van der Waals surface area contributed by atoms with E-state index in [0.29, 0.717) is 30.1 Å². The largest absolute Gasteiger partial charge is 0.481 e. The second-order valence-electron chi connectivity index (χ2n) is 7.08. The number of imidazole rings is 1. The molecule has 0 aliphatic heterocycles. The number of hydrogen-bond acceptors (Lipinski definition) is 5. The number of halogens is 1. The Morgan fingerprint density at radius 1 is 1.36 bits per heavy atom. The molecule has 1 amide bonds. The summed E-state index contributed by atoms with van der Waals surface area (Å²) in [5.74, 6) is -0.783. The van der Waals surface area contributed by atoms with Crippen LogP contribution in [0, 0.1) is 18.8 Å². The minimum absolute atomic E-state index is 0.0379. The van der Waals surface area contributed by atoms with Crippen LogP contribution in [0.5, 0.6) is 5.88 Å². The summed E-state index contributed by atoms with van der Waals surface area (Å²) in [6.45, 7) is 1.75. The molecule has 4 rings (SSSR count). The van der Waals surface area contributed by atoms with Crippen LogP contribution in [0.4, 0.5) is 4.39 Å². The van der Waals surface area contributed by atoms with Gasteiger partial charge in [0.15, 0.2) is 5.69 Å². The van der Waals surface area contributed by atoms with Gasteiger partial charge >= 0.3 is 0 Å². The molecule has 1 atom stereocenters. The number of methoxy groups -OCH3 is 1. The predicted octanol–water partition coefficient (Wildman–Crippen LogP) is 2.43. The van der Waals surface area contributed by atoms with Crippen LogP contribution in [0.2, 0.25) is 0 Å². The van der Waals surface area contributed by atoms with Crippen LogP contribution < -0.4 is 10.1 Å². The highest BCUT2D eigenvalue weighted by Gasteiger charge is 2.36. The van der Waals surface area contributed by atoms with Gasteiger partial charge in [-0.15, -0.1) is 0 Å². The summed E-state index contributed by atoms with van der Waals surface area (Å²) >= 11 is 0. The molecule has 1 saturated carbocycles. The first kappa shape index (κ1) is 18.4. The summed E-state index contributed by atoms with van der Waals surface area (Å²) in [5, 5.41) is 12.6. The van der Waals surface area contributed by atoms with Gasteiger partial charge in [0, 0.05) is 18.0 Å². The highest BCUT2D eigenvalue weighted by Crippen LogP contribution is 2.38. The molecule has 2 N–H and O–H groups in total. The van der Waals surface area contributed by atoms with Gasteiger partial charge in [-0.1, -0.05) is 12.1 Å². The third kappa shape index (κ3) is 3.20. The van der Waals surface area contributed by atoms with E-state index in [1.807, 2.05) is 6.07 Å². The SMILES string of the molecule is COc1ccc([C@H](NC(=O)c2nc3cccc(C)n3c2F)C2CC(O)C2)cn1. The van der Waals surface area contributed by atoms with Crippen LogP contribution in [-0.4, -0.2) is 38.6 Å². The van der Waals surface area contributed by atoms with E-state index in [2.05, 4.69) is 15.3 Å². The van der Waals surface area contributed by atoms with Crippen LogP contribution in [0.1, 0.15) is 40.6 Å². The Balaban J connectivity index is 1.64. The van der Waals surface area contributed by atoms with E-state index in [-0.39, 0.29) is 17.7 Å². The zero-order valence-corrected chi connectivity index (χ0v) is 15.6. The Bertz CT molecular complexity index is 1010. The molecule has 0 unspecified atom stereocenters. The van der Waals surface area contributed by atoms with Crippen molar-refractivity contribution in [2.24, 2.45) is 5.92 Å². The first-order chi connectivity index (χ1) is 13.5. The van der Waals surface area contributed by atoms with Crippen LogP contribution in [0.3, 0.4) is 0 Å². The monoisotopic (exact) mass is 384 g/mol. The Morgan fingerprint density at radius 3 is 2.75 bits per heavy atom. The number of aryl methyl sites for hydroxylation is 1. The van der Waals surface area contributed by atoms with Gasteiger partial charge in [0.1, 0.15) is 5.65 Å². The molecule has 8 heteroatoms. The fourth-order valence-corrected chi connectivity index (χ4v) is 3.64. The molecule has 146 valence electrons. The second-order valence-corrected chi connectivity index (χ2v) is 7.08. The number of carbonyl (C=O) groups is 1. The Morgan fingerprint density at radius 2 is 2.14 bits per heavy atom. The Kier molecular flexibility index (Phi) is 4.72. The molecule has 0 saturated heterocycles. The maximum Gasteiger partial charge on any atom is 0.275 e. The number of rotatable bonds is 5. The lowest BCUT2D eigenvalue weighted by atomic mass is 9.75. The van der Waals surface area contributed by atoms with Gasteiger partial charge in [-0.05, 0) is 43.4 Å². The molecular weight excluding hydrogens is 363 g/mol. The van der Waals surface area contributed by atoms with Crippen molar-refractivity contribution in [1.29, 1.82) is 0 Å². The molecule has 28 heavy (non-hydrogen) atoms. The number of aromatic nitrogens is 3. The normalized spacial score (nSPS) is 19.9. The molecule has 3 aromatic heterocycles. The van der Waals surface area contributed by atoms with E-state index in [1.165, 1.54) is 11.5 Å². The first-order valence-corrected chi connectivity index (χ1v) is 9.10. The van der Waals surface area contributed by atoms with Crippen LogP contribution in [0.15, 0.2) is 36.5 Å². The summed E-state index contributed by atoms with van der Waals surface area (Å²) in [4.78, 5) is 21.2. The number of hydrogen-bond donors (Lipinski definition) is 2. The summed E-state index contributed by atoms with van der Waals surface area (Å²) < 4.78 is 21.2. The number of nitrogens with zero attached hydrogens (tertiary/aromatic N) is 3. The van der Waals surface area contributed by atoms with Gasteiger partial charge in [0.05, 0.1) is 19.3 Å². The summed E-state index contributed by atoms with van der Waals surface area (Å²) in [6.07, 6.45) is 2.36. The third-order valence-electron chi connectivity index (χ3n) is 5.23. The van der Waals surface area contributed by atoms with Crippen LogP contribution in [0.25, 0.3) is 5.65 Å². The zero-order valence-electron chi connectivity index (χ0n) is 15.6. The molecule has 1 aliphatic carbocycles. The minimum Gasteiger partial charge on any atom is -0.481 e. The van der Waals surface area contributed by atoms with Crippen molar-refractivity contribution in [3.63, 3.8) is 0 Å². The number of aliphatic hydroxyl groups excluding tert-OH is 1. The van der Waals surface area contributed by atoms with Gasteiger partial charge in [-0.25, -0.2) is 9.97 Å². The third-order valence-corrected chi connectivity index (χ3v) is 5.23. The van der Waals surface area contributed by atoms with Crippen molar-refractivity contribution in [2.45, 2.75) is 31.9 Å². The number of amides is 1. The topological polar surface area (TPSA) is 88.8 Å². The Labute approximate surface area is 161 Å². The van der Waals surface area contributed by atoms with Gasteiger partial charge in [-0.3, -0.25) is 9.20 Å². The van der Waals surface area contributed by atoms with Gasteiger partial charge < -0.3 is 15.2 Å². The summed E-state index contributed by atoms with van der Waals surface area (Å²) in [7, 11) is 1.53. The lowest BCUT2D eigenvalue weighted by molar-refractivity contribution is 0.0233. The van der Waals surface area contributed by atoms with E-state index >= 15 is 0 Å². The van der Waals surface area contributed by atoms with E-state index in [9.17, 15) is 14.3 Å². The van der Waals surface area contributed by atoms with Crippen LogP contribution >= 0.6 is 0 Å². The number of aliphatic hydroxyl groups is 1. The predicted molar refractivity (Wildman–Crippen MR) is 99.6 cm³/mol. The van der Waals surface area contributed by atoms with E-state index < -0.39 is 17.9 Å². The second kappa shape index (κ2) is 7.20. The zero-order chi connectivity index (χ0) is 19.8. The smallest absolute Gasteiger partial charge is 0.275 e. The first-order valence-electron chi connectivity index (χ1n) is 9.10. The molecule has 3 heterocycles.